The Hall–Kier alpha value is -2.66. The maximum absolute atomic E-state index is 11.0. The molecule has 3 rings (SSSR count). The predicted octanol–water partition coefficient (Wildman–Crippen LogP) is 3.08. The van der Waals surface area contributed by atoms with Crippen LogP contribution in [0.2, 0.25) is 0 Å². The third kappa shape index (κ3) is 3.46. The minimum absolute atomic E-state index is 0.194. The summed E-state index contributed by atoms with van der Waals surface area (Å²) in [5.74, 6) is 0.532. The number of anilines is 2. The molecule has 0 amide bonds. The lowest BCUT2D eigenvalue weighted by atomic mass is 10.3. The molecule has 0 unspecified atom stereocenters. The number of hydrogen-bond acceptors (Lipinski definition) is 9. The largest absolute Gasteiger partial charge is 0.497 e. The first-order valence-corrected chi connectivity index (χ1v) is 8.28. The van der Waals surface area contributed by atoms with Gasteiger partial charge in [0, 0.05) is 18.8 Å². The molecule has 1 N–H and O–H groups in total. The van der Waals surface area contributed by atoms with Crippen LogP contribution >= 0.6 is 23.1 Å². The van der Waals surface area contributed by atoms with E-state index in [1.54, 1.807) is 18.7 Å². The number of nitrogens with zero attached hydrogens (tertiary/aromatic N) is 5. The highest BCUT2D eigenvalue weighted by molar-refractivity contribution is 8.01. The first-order chi connectivity index (χ1) is 11.6. The molecule has 0 aliphatic heterocycles. The molecule has 0 aliphatic rings. The summed E-state index contributed by atoms with van der Waals surface area (Å²) in [6, 6.07) is 7.41. The topological polar surface area (TPSA) is 108 Å². The molecule has 0 atom stereocenters. The van der Waals surface area contributed by atoms with Crippen molar-refractivity contribution in [1.82, 2.24) is 19.7 Å². The van der Waals surface area contributed by atoms with Gasteiger partial charge < -0.3 is 24.7 Å². The molecule has 24 heavy (non-hydrogen) atoms. The van der Waals surface area contributed by atoms with E-state index >= 15 is 0 Å². The Labute approximate surface area is 144 Å². The van der Waals surface area contributed by atoms with E-state index in [9.17, 15) is 10.1 Å². The van der Waals surface area contributed by atoms with Crippen LogP contribution in [0, 0.1) is 10.1 Å². The number of aryl methyl sites for hydroxylation is 1. The van der Waals surface area contributed by atoms with Crippen molar-refractivity contribution >= 4 is 39.7 Å². The number of nitrogens with one attached hydrogen (secondary N) is 1. The molecule has 0 radical (unpaired) electrons. The molecule has 0 saturated carbocycles. The maximum atomic E-state index is 11.0. The van der Waals surface area contributed by atoms with Gasteiger partial charge in [-0.1, -0.05) is 17.4 Å². The Balaban J connectivity index is 1.76. The summed E-state index contributed by atoms with van der Waals surface area (Å²) in [5, 5.41) is 23.2. The van der Waals surface area contributed by atoms with Crippen molar-refractivity contribution in [3.8, 4) is 5.75 Å². The SMILES string of the molecule is COc1cccc(Nc2nnc(Sc3c([N+](=O)[O-])ncn3C)s2)c1. The zero-order chi connectivity index (χ0) is 17.1. The second-order valence-corrected chi connectivity index (χ2v) is 6.79. The van der Waals surface area contributed by atoms with E-state index in [1.807, 2.05) is 24.3 Å². The van der Waals surface area contributed by atoms with Gasteiger partial charge in [-0.25, -0.2) is 0 Å². The fourth-order valence-electron chi connectivity index (χ4n) is 1.86. The van der Waals surface area contributed by atoms with Crippen LogP contribution in [-0.4, -0.2) is 31.8 Å². The van der Waals surface area contributed by atoms with Crippen molar-refractivity contribution in [1.29, 1.82) is 0 Å². The Morgan fingerprint density at radius 1 is 1.42 bits per heavy atom. The fourth-order valence-corrected chi connectivity index (χ4v) is 3.65. The molecule has 9 nitrogen and oxygen atoms in total. The van der Waals surface area contributed by atoms with E-state index in [1.165, 1.54) is 17.7 Å². The predicted molar refractivity (Wildman–Crippen MR) is 90.2 cm³/mol. The van der Waals surface area contributed by atoms with Crippen LogP contribution in [-0.2, 0) is 7.05 Å². The Morgan fingerprint density at radius 2 is 2.25 bits per heavy atom. The third-order valence-electron chi connectivity index (χ3n) is 2.95. The third-order valence-corrected chi connectivity index (χ3v) is 5.00. The van der Waals surface area contributed by atoms with Gasteiger partial charge in [0.15, 0.2) is 9.37 Å². The van der Waals surface area contributed by atoms with Crippen LogP contribution in [0.1, 0.15) is 0 Å². The van der Waals surface area contributed by atoms with Crippen molar-refractivity contribution in [2.75, 3.05) is 12.4 Å². The van der Waals surface area contributed by atoms with Crippen molar-refractivity contribution in [3.63, 3.8) is 0 Å². The number of benzene rings is 1. The smallest absolute Gasteiger partial charge is 0.396 e. The van der Waals surface area contributed by atoms with E-state index in [0.717, 1.165) is 23.2 Å². The summed E-state index contributed by atoms with van der Waals surface area (Å²) in [6.45, 7) is 0. The number of hydrogen-bond donors (Lipinski definition) is 1. The first-order valence-electron chi connectivity index (χ1n) is 6.65. The average Bonchev–Trinajstić information content (AvgIpc) is 3.15. The number of imidazole rings is 1. The number of methoxy groups -OCH3 is 1. The van der Waals surface area contributed by atoms with Crippen molar-refractivity contribution in [3.05, 3.63) is 40.7 Å². The number of ether oxygens (including phenoxy) is 1. The summed E-state index contributed by atoms with van der Waals surface area (Å²) in [4.78, 5) is 14.3. The monoisotopic (exact) mass is 364 g/mol. The standard InChI is InChI=1S/C13H12N6O3S2/c1-18-7-14-10(19(20)21)11(18)23-13-17-16-12(24-13)15-8-4-3-5-9(6-8)22-2/h3-7H,1-2H3,(H,15,16). The van der Waals surface area contributed by atoms with Gasteiger partial charge in [0.05, 0.1) is 7.11 Å². The zero-order valence-electron chi connectivity index (χ0n) is 12.7. The number of rotatable bonds is 6. The molecular formula is C13H12N6O3S2. The molecule has 0 bridgehead atoms. The molecule has 0 fully saturated rings. The van der Waals surface area contributed by atoms with Gasteiger partial charge >= 0.3 is 5.82 Å². The van der Waals surface area contributed by atoms with Gasteiger partial charge in [0.25, 0.3) is 0 Å². The number of nitro groups is 1. The van der Waals surface area contributed by atoms with E-state index in [2.05, 4.69) is 20.5 Å². The highest BCUT2D eigenvalue weighted by atomic mass is 32.2. The lowest BCUT2D eigenvalue weighted by molar-refractivity contribution is -0.392. The fraction of sp³-hybridized carbons (Fsp3) is 0.154. The van der Waals surface area contributed by atoms with Gasteiger partial charge in [-0.2, -0.15) is 0 Å². The zero-order valence-corrected chi connectivity index (χ0v) is 14.3. The molecule has 0 spiro atoms. The van der Waals surface area contributed by atoms with Crippen molar-refractivity contribution in [2.45, 2.75) is 9.37 Å². The van der Waals surface area contributed by atoms with Crippen LogP contribution in [0.3, 0.4) is 0 Å². The van der Waals surface area contributed by atoms with Gasteiger partial charge in [-0.3, -0.25) is 0 Å². The highest BCUT2D eigenvalue weighted by Gasteiger charge is 2.22. The minimum atomic E-state index is -0.515. The van der Waals surface area contributed by atoms with Crippen molar-refractivity contribution < 1.29 is 9.66 Å². The second kappa shape index (κ2) is 6.84. The summed E-state index contributed by atoms with van der Waals surface area (Å²) >= 11 is 2.45. The number of aromatic nitrogens is 4. The van der Waals surface area contributed by atoms with E-state index < -0.39 is 4.92 Å². The van der Waals surface area contributed by atoms with Crippen LogP contribution in [0.15, 0.2) is 40.0 Å². The van der Waals surface area contributed by atoms with Gasteiger partial charge in [0.2, 0.25) is 11.5 Å². The Kier molecular flexibility index (Phi) is 4.62. The Morgan fingerprint density at radius 3 is 3.00 bits per heavy atom. The van der Waals surface area contributed by atoms with Crippen LogP contribution in [0.5, 0.6) is 5.75 Å². The van der Waals surface area contributed by atoms with Crippen LogP contribution in [0.4, 0.5) is 16.6 Å². The minimum Gasteiger partial charge on any atom is -0.497 e. The first kappa shape index (κ1) is 16.2. The van der Waals surface area contributed by atoms with Crippen LogP contribution < -0.4 is 10.1 Å². The molecule has 1 aromatic carbocycles. The normalized spacial score (nSPS) is 10.6. The molecule has 3 aromatic rings. The molecule has 2 aromatic heterocycles. The van der Waals surface area contributed by atoms with Crippen LogP contribution in [0.25, 0.3) is 0 Å². The van der Waals surface area contributed by atoms with Gasteiger partial charge in [-0.05, 0) is 33.8 Å². The van der Waals surface area contributed by atoms with Gasteiger partial charge in [0.1, 0.15) is 5.75 Å². The second-order valence-electron chi connectivity index (χ2n) is 4.57. The lowest BCUT2D eigenvalue weighted by Gasteiger charge is -2.04. The molecule has 2 heterocycles. The lowest BCUT2D eigenvalue weighted by Crippen LogP contribution is -1.93. The van der Waals surface area contributed by atoms with Crippen molar-refractivity contribution in [2.24, 2.45) is 7.05 Å². The average molecular weight is 364 g/mol. The highest BCUT2D eigenvalue weighted by Crippen LogP contribution is 2.36. The van der Waals surface area contributed by atoms with E-state index in [-0.39, 0.29) is 5.82 Å². The van der Waals surface area contributed by atoms with E-state index in [4.69, 9.17) is 4.74 Å². The Bertz CT molecular complexity index is 878. The summed E-state index contributed by atoms with van der Waals surface area (Å²) in [7, 11) is 3.29. The summed E-state index contributed by atoms with van der Waals surface area (Å²) in [5.41, 5.74) is 0.813. The molecule has 0 saturated heterocycles. The summed E-state index contributed by atoms with van der Waals surface area (Å²) in [6.07, 6.45) is 1.40. The van der Waals surface area contributed by atoms with E-state index in [0.29, 0.717) is 14.5 Å². The molecule has 124 valence electrons. The molecular weight excluding hydrogens is 352 g/mol. The maximum Gasteiger partial charge on any atom is 0.396 e. The molecule has 0 aliphatic carbocycles. The molecule has 11 heteroatoms. The summed E-state index contributed by atoms with van der Waals surface area (Å²) < 4.78 is 7.33. The quantitative estimate of drug-likeness (QED) is 0.525. The van der Waals surface area contributed by atoms with Gasteiger partial charge in [-0.15, -0.1) is 10.2 Å².